The number of hydrogen-bond donors (Lipinski definition) is 1. The van der Waals surface area contributed by atoms with E-state index in [-0.39, 0.29) is 23.9 Å². The molecule has 0 bridgehead atoms. The Morgan fingerprint density at radius 1 is 1.44 bits per heavy atom. The summed E-state index contributed by atoms with van der Waals surface area (Å²) in [5.74, 6) is 1.16. The van der Waals surface area contributed by atoms with Gasteiger partial charge >= 0.3 is 0 Å². The van der Waals surface area contributed by atoms with Gasteiger partial charge < -0.3 is 10.6 Å². The molecule has 2 aliphatic heterocycles. The van der Waals surface area contributed by atoms with Crippen LogP contribution >= 0.6 is 11.8 Å². The molecule has 1 aromatic carbocycles. The third-order valence-corrected chi connectivity index (χ3v) is 5.28. The molecule has 2 heterocycles. The van der Waals surface area contributed by atoms with Crippen LogP contribution in [0.1, 0.15) is 24.8 Å². The molecular formula is C14H18N2OS. The third kappa shape index (κ3) is 1.84. The number of thioether (sulfide) groups is 1. The molecule has 1 saturated heterocycles. The van der Waals surface area contributed by atoms with Gasteiger partial charge in [0.25, 0.3) is 0 Å². The molecule has 4 heteroatoms. The second-order valence-electron chi connectivity index (χ2n) is 5.13. The Bertz CT molecular complexity index is 477. The zero-order valence-electron chi connectivity index (χ0n) is 10.5. The van der Waals surface area contributed by atoms with Crippen LogP contribution in [0.15, 0.2) is 29.2 Å². The number of likely N-dealkylation sites (tertiary alicyclic amines) is 1. The molecule has 3 rings (SSSR count). The standard InChI is InChI=1S/C14H18N2OS/c1-9-12(15)6-7-16(9)14(17)11-8-18-13-5-3-2-4-10(11)13/h2-5,9,11-12H,6-8,15H2,1H3. The Morgan fingerprint density at radius 2 is 2.22 bits per heavy atom. The molecule has 0 saturated carbocycles. The van der Waals surface area contributed by atoms with Gasteiger partial charge in [0, 0.05) is 29.3 Å². The maximum absolute atomic E-state index is 12.6. The monoisotopic (exact) mass is 262 g/mol. The van der Waals surface area contributed by atoms with Gasteiger partial charge in [-0.25, -0.2) is 0 Å². The van der Waals surface area contributed by atoms with Crippen LogP contribution in [0.4, 0.5) is 0 Å². The zero-order chi connectivity index (χ0) is 12.7. The van der Waals surface area contributed by atoms with Crippen LogP contribution in [0.25, 0.3) is 0 Å². The van der Waals surface area contributed by atoms with E-state index in [1.54, 1.807) is 11.8 Å². The Morgan fingerprint density at radius 3 is 2.94 bits per heavy atom. The summed E-state index contributed by atoms with van der Waals surface area (Å²) in [4.78, 5) is 15.9. The molecule has 3 unspecified atom stereocenters. The van der Waals surface area contributed by atoms with Crippen LogP contribution < -0.4 is 5.73 Å². The smallest absolute Gasteiger partial charge is 0.231 e. The average molecular weight is 262 g/mol. The lowest BCUT2D eigenvalue weighted by Gasteiger charge is -2.26. The average Bonchev–Trinajstić information content (AvgIpc) is 2.94. The minimum atomic E-state index is 0.0268. The molecule has 3 nitrogen and oxygen atoms in total. The molecule has 2 aliphatic rings. The first-order chi connectivity index (χ1) is 8.68. The van der Waals surface area contributed by atoms with Gasteiger partial charge in [0.05, 0.1) is 5.92 Å². The van der Waals surface area contributed by atoms with Crippen LogP contribution in [0.2, 0.25) is 0 Å². The molecule has 1 fully saturated rings. The van der Waals surface area contributed by atoms with E-state index in [2.05, 4.69) is 19.1 Å². The Balaban J connectivity index is 1.83. The van der Waals surface area contributed by atoms with Crippen molar-refractivity contribution in [1.29, 1.82) is 0 Å². The van der Waals surface area contributed by atoms with Crippen LogP contribution in [0.3, 0.4) is 0 Å². The summed E-state index contributed by atoms with van der Waals surface area (Å²) in [7, 11) is 0. The highest BCUT2D eigenvalue weighted by Crippen LogP contribution is 2.40. The second kappa shape index (κ2) is 4.59. The normalized spacial score (nSPS) is 30.6. The Labute approximate surface area is 112 Å². The van der Waals surface area contributed by atoms with E-state index in [1.807, 2.05) is 17.0 Å². The SMILES string of the molecule is CC1C(N)CCN1C(=O)C1CSc2ccccc21. The molecule has 0 aliphatic carbocycles. The minimum Gasteiger partial charge on any atom is -0.338 e. The van der Waals surface area contributed by atoms with Crippen molar-refractivity contribution in [1.82, 2.24) is 4.90 Å². The largest absolute Gasteiger partial charge is 0.338 e. The molecule has 3 atom stereocenters. The van der Waals surface area contributed by atoms with Gasteiger partial charge in [-0.05, 0) is 25.0 Å². The molecule has 1 amide bonds. The fourth-order valence-electron chi connectivity index (χ4n) is 2.84. The fraction of sp³-hybridized carbons (Fsp3) is 0.500. The lowest BCUT2D eigenvalue weighted by Crippen LogP contribution is -2.42. The fourth-order valence-corrected chi connectivity index (χ4v) is 4.06. The Kier molecular flexibility index (Phi) is 3.08. The van der Waals surface area contributed by atoms with Crippen molar-refractivity contribution >= 4 is 17.7 Å². The number of amides is 1. The summed E-state index contributed by atoms with van der Waals surface area (Å²) in [5, 5.41) is 0. The van der Waals surface area contributed by atoms with E-state index in [1.165, 1.54) is 10.5 Å². The molecule has 2 N–H and O–H groups in total. The van der Waals surface area contributed by atoms with Crippen molar-refractivity contribution in [2.75, 3.05) is 12.3 Å². The molecule has 18 heavy (non-hydrogen) atoms. The maximum atomic E-state index is 12.6. The van der Waals surface area contributed by atoms with Crippen molar-refractivity contribution in [3.05, 3.63) is 29.8 Å². The number of hydrogen-bond acceptors (Lipinski definition) is 3. The number of rotatable bonds is 1. The highest BCUT2D eigenvalue weighted by Gasteiger charge is 2.38. The highest BCUT2D eigenvalue weighted by molar-refractivity contribution is 7.99. The van der Waals surface area contributed by atoms with Crippen molar-refractivity contribution in [3.8, 4) is 0 Å². The molecule has 0 spiro atoms. The second-order valence-corrected chi connectivity index (χ2v) is 6.19. The third-order valence-electron chi connectivity index (χ3n) is 4.10. The number of nitrogens with zero attached hydrogens (tertiary/aromatic N) is 1. The number of carbonyl (C=O) groups is 1. The van der Waals surface area contributed by atoms with Crippen molar-refractivity contribution in [3.63, 3.8) is 0 Å². The first-order valence-electron chi connectivity index (χ1n) is 6.46. The lowest BCUT2D eigenvalue weighted by atomic mass is 9.99. The van der Waals surface area contributed by atoms with Gasteiger partial charge in [-0.2, -0.15) is 0 Å². The summed E-state index contributed by atoms with van der Waals surface area (Å²) < 4.78 is 0. The van der Waals surface area contributed by atoms with Crippen LogP contribution in [0.5, 0.6) is 0 Å². The summed E-state index contributed by atoms with van der Waals surface area (Å²) in [6, 6.07) is 8.55. The van der Waals surface area contributed by atoms with Crippen molar-refractivity contribution in [2.24, 2.45) is 5.73 Å². The first-order valence-corrected chi connectivity index (χ1v) is 7.45. The zero-order valence-corrected chi connectivity index (χ0v) is 11.3. The van der Waals surface area contributed by atoms with E-state index < -0.39 is 0 Å². The molecule has 0 radical (unpaired) electrons. The number of fused-ring (bicyclic) bond motifs is 1. The first kappa shape index (κ1) is 12.1. The van der Waals surface area contributed by atoms with Crippen LogP contribution in [0, 0.1) is 0 Å². The summed E-state index contributed by atoms with van der Waals surface area (Å²) in [5.41, 5.74) is 7.20. The summed E-state index contributed by atoms with van der Waals surface area (Å²) in [6.07, 6.45) is 0.925. The number of benzene rings is 1. The quantitative estimate of drug-likeness (QED) is 0.840. The highest BCUT2D eigenvalue weighted by atomic mass is 32.2. The van der Waals surface area contributed by atoms with Crippen molar-refractivity contribution in [2.45, 2.75) is 36.2 Å². The van der Waals surface area contributed by atoms with E-state index in [9.17, 15) is 4.79 Å². The van der Waals surface area contributed by atoms with Gasteiger partial charge in [-0.3, -0.25) is 4.79 Å². The summed E-state index contributed by atoms with van der Waals surface area (Å²) >= 11 is 1.79. The molecule has 96 valence electrons. The van der Waals surface area contributed by atoms with Crippen LogP contribution in [-0.4, -0.2) is 35.2 Å². The van der Waals surface area contributed by atoms with E-state index in [0.717, 1.165) is 18.7 Å². The lowest BCUT2D eigenvalue weighted by molar-refractivity contribution is -0.132. The predicted molar refractivity (Wildman–Crippen MR) is 73.7 cm³/mol. The van der Waals surface area contributed by atoms with Gasteiger partial charge in [0.2, 0.25) is 5.91 Å². The Hall–Kier alpha value is -1.00. The summed E-state index contributed by atoms with van der Waals surface area (Å²) in [6.45, 7) is 2.87. The van der Waals surface area contributed by atoms with Gasteiger partial charge in [-0.15, -0.1) is 11.8 Å². The van der Waals surface area contributed by atoms with E-state index >= 15 is 0 Å². The van der Waals surface area contributed by atoms with Gasteiger partial charge in [0.1, 0.15) is 0 Å². The maximum Gasteiger partial charge on any atom is 0.231 e. The topological polar surface area (TPSA) is 46.3 Å². The van der Waals surface area contributed by atoms with E-state index in [4.69, 9.17) is 5.73 Å². The van der Waals surface area contributed by atoms with Crippen LogP contribution in [-0.2, 0) is 4.79 Å². The molecular weight excluding hydrogens is 244 g/mol. The number of carbonyl (C=O) groups excluding carboxylic acids is 1. The molecule has 0 aromatic heterocycles. The molecule has 1 aromatic rings. The minimum absolute atomic E-state index is 0.0268. The number of nitrogens with two attached hydrogens (primary N) is 1. The van der Waals surface area contributed by atoms with Gasteiger partial charge in [-0.1, -0.05) is 18.2 Å². The van der Waals surface area contributed by atoms with Gasteiger partial charge in [0.15, 0.2) is 0 Å². The van der Waals surface area contributed by atoms with E-state index in [0.29, 0.717) is 0 Å². The van der Waals surface area contributed by atoms with Crippen molar-refractivity contribution < 1.29 is 4.79 Å². The predicted octanol–water partition coefficient (Wildman–Crippen LogP) is 1.82.